The van der Waals surface area contributed by atoms with Crippen LogP contribution in [0.3, 0.4) is 0 Å². The second-order valence-corrected chi connectivity index (χ2v) is 5.61. The molecule has 2 aromatic heterocycles. The van der Waals surface area contributed by atoms with Gasteiger partial charge in [0.2, 0.25) is 0 Å². The van der Waals surface area contributed by atoms with Crippen LogP contribution in [0.2, 0.25) is 0 Å². The summed E-state index contributed by atoms with van der Waals surface area (Å²) in [5, 5.41) is 9.32. The number of hydrogen-bond acceptors (Lipinski definition) is 3. The fourth-order valence-electron chi connectivity index (χ4n) is 2.73. The zero-order valence-electron chi connectivity index (χ0n) is 13.3. The summed E-state index contributed by atoms with van der Waals surface area (Å²) < 4.78 is 79.6. The molecule has 0 aliphatic heterocycles. The van der Waals surface area contributed by atoms with Crippen LogP contribution in [-0.2, 0) is 12.4 Å². The first-order valence-electron chi connectivity index (χ1n) is 7.51. The number of pyridine rings is 2. The van der Waals surface area contributed by atoms with E-state index in [2.05, 4.69) is 9.97 Å². The molecule has 27 heavy (non-hydrogen) atoms. The number of fused-ring (bicyclic) bond motifs is 1. The summed E-state index contributed by atoms with van der Waals surface area (Å²) in [4.78, 5) is 7.16. The van der Waals surface area contributed by atoms with Crippen molar-refractivity contribution < 1.29 is 26.3 Å². The van der Waals surface area contributed by atoms with E-state index in [-0.39, 0.29) is 16.6 Å². The van der Waals surface area contributed by atoms with E-state index in [1.165, 1.54) is 24.4 Å². The van der Waals surface area contributed by atoms with Crippen LogP contribution in [0.1, 0.15) is 28.4 Å². The number of aromatic nitrogens is 2. The highest BCUT2D eigenvalue weighted by molar-refractivity contribution is 5.87. The van der Waals surface area contributed by atoms with Gasteiger partial charge in [0.05, 0.1) is 22.8 Å². The lowest BCUT2D eigenvalue weighted by Gasteiger charge is -2.17. The minimum Gasteiger partial charge on any atom is -0.260 e. The van der Waals surface area contributed by atoms with E-state index in [1.54, 1.807) is 6.07 Å². The minimum absolute atomic E-state index is 0.123. The van der Waals surface area contributed by atoms with Crippen molar-refractivity contribution in [2.45, 2.75) is 18.3 Å². The van der Waals surface area contributed by atoms with Gasteiger partial charge in [-0.1, -0.05) is 18.2 Å². The largest absolute Gasteiger partial charge is 0.433 e. The summed E-state index contributed by atoms with van der Waals surface area (Å²) in [6.45, 7) is 0. The lowest BCUT2D eigenvalue weighted by molar-refractivity contribution is -0.142. The summed E-state index contributed by atoms with van der Waals surface area (Å²) in [5.74, 6) is -1.29. The van der Waals surface area contributed by atoms with Crippen molar-refractivity contribution in [3.05, 3.63) is 71.2 Å². The minimum atomic E-state index is -4.98. The number of rotatable bonds is 2. The smallest absolute Gasteiger partial charge is 0.260 e. The van der Waals surface area contributed by atoms with Crippen LogP contribution in [0.25, 0.3) is 10.9 Å². The van der Waals surface area contributed by atoms with E-state index in [9.17, 15) is 31.6 Å². The molecular formula is C18H9F6N3. The van der Waals surface area contributed by atoms with Gasteiger partial charge in [-0.15, -0.1) is 0 Å². The van der Waals surface area contributed by atoms with Gasteiger partial charge in [-0.3, -0.25) is 4.98 Å². The Morgan fingerprint density at radius 2 is 1.67 bits per heavy atom. The molecule has 0 fully saturated rings. The number of halogens is 6. The van der Waals surface area contributed by atoms with Crippen LogP contribution in [0.15, 0.2) is 48.7 Å². The van der Waals surface area contributed by atoms with E-state index < -0.39 is 35.0 Å². The molecule has 1 atom stereocenters. The summed E-state index contributed by atoms with van der Waals surface area (Å²) in [7, 11) is 0. The highest BCUT2D eigenvalue weighted by atomic mass is 19.4. The number of nitriles is 1. The van der Waals surface area contributed by atoms with Gasteiger partial charge in [0.15, 0.2) is 0 Å². The van der Waals surface area contributed by atoms with Gasteiger partial charge in [0.1, 0.15) is 11.6 Å². The Bertz CT molecular complexity index is 1020. The van der Waals surface area contributed by atoms with Gasteiger partial charge in [0, 0.05) is 11.6 Å². The normalized spacial score (nSPS) is 13.4. The average Bonchev–Trinajstić information content (AvgIpc) is 2.61. The van der Waals surface area contributed by atoms with Gasteiger partial charge in [-0.05, 0) is 29.8 Å². The SMILES string of the molecule is N#C[C@@H](c1ccccn1)c1cc(C(F)(F)F)nc2c(C(F)(F)F)cccc12. The van der Waals surface area contributed by atoms with Crippen LogP contribution >= 0.6 is 0 Å². The number of alkyl halides is 6. The standard InChI is InChI=1S/C18H9F6N3/c19-17(20,21)13-5-3-4-10-11(8-15(18(22,23)24)27-16(10)13)12(9-25)14-6-1-2-7-26-14/h1-8,12H/t12-/m1/s1. The van der Waals surface area contributed by atoms with E-state index in [0.717, 1.165) is 6.07 Å². The molecule has 0 unspecified atom stereocenters. The molecule has 0 aliphatic carbocycles. The van der Waals surface area contributed by atoms with Crippen LogP contribution in [0.4, 0.5) is 26.3 Å². The van der Waals surface area contributed by atoms with Crippen molar-refractivity contribution in [2.24, 2.45) is 0 Å². The van der Waals surface area contributed by atoms with Gasteiger partial charge in [-0.25, -0.2) is 4.98 Å². The van der Waals surface area contributed by atoms with Gasteiger partial charge < -0.3 is 0 Å². The molecular weight excluding hydrogens is 372 g/mol. The maximum atomic E-state index is 13.3. The number of hydrogen-bond donors (Lipinski definition) is 0. The quantitative estimate of drug-likeness (QED) is 0.565. The van der Waals surface area contributed by atoms with Gasteiger partial charge >= 0.3 is 12.4 Å². The predicted octanol–water partition coefficient (Wildman–Crippen LogP) is 5.32. The van der Waals surface area contributed by atoms with Gasteiger partial charge in [-0.2, -0.15) is 31.6 Å². The molecule has 3 aromatic rings. The maximum absolute atomic E-state index is 13.3. The Labute approximate surface area is 148 Å². The third kappa shape index (κ3) is 3.56. The average molecular weight is 381 g/mol. The fourth-order valence-corrected chi connectivity index (χ4v) is 2.73. The second kappa shape index (κ2) is 6.54. The van der Waals surface area contributed by atoms with E-state index >= 15 is 0 Å². The molecule has 0 radical (unpaired) electrons. The molecule has 3 nitrogen and oxygen atoms in total. The predicted molar refractivity (Wildman–Crippen MR) is 83.4 cm³/mol. The second-order valence-electron chi connectivity index (χ2n) is 5.61. The Kier molecular flexibility index (Phi) is 4.51. The van der Waals surface area contributed by atoms with Crippen molar-refractivity contribution in [1.82, 2.24) is 9.97 Å². The van der Waals surface area contributed by atoms with Crippen LogP contribution in [0, 0.1) is 11.3 Å². The Balaban J connectivity index is 2.40. The van der Waals surface area contributed by atoms with Crippen molar-refractivity contribution in [3.8, 4) is 6.07 Å². The Hall–Kier alpha value is -3.15. The topological polar surface area (TPSA) is 49.6 Å². The third-order valence-electron chi connectivity index (χ3n) is 3.89. The molecule has 0 N–H and O–H groups in total. The van der Waals surface area contributed by atoms with Gasteiger partial charge in [0.25, 0.3) is 0 Å². The zero-order chi connectivity index (χ0) is 19.8. The van der Waals surface area contributed by atoms with E-state index in [1.807, 2.05) is 6.07 Å². The first kappa shape index (κ1) is 18.6. The molecule has 0 aliphatic rings. The van der Waals surface area contributed by atoms with Crippen molar-refractivity contribution in [1.29, 1.82) is 5.26 Å². The first-order valence-corrected chi connectivity index (χ1v) is 7.51. The number of benzene rings is 1. The molecule has 0 bridgehead atoms. The molecule has 0 saturated carbocycles. The zero-order valence-corrected chi connectivity index (χ0v) is 13.3. The van der Waals surface area contributed by atoms with Crippen molar-refractivity contribution >= 4 is 10.9 Å². The monoisotopic (exact) mass is 381 g/mol. The fraction of sp³-hybridized carbons (Fsp3) is 0.167. The lowest BCUT2D eigenvalue weighted by atomic mass is 9.91. The summed E-state index contributed by atoms with van der Waals surface area (Å²) in [5.41, 5.74) is -3.77. The summed E-state index contributed by atoms with van der Waals surface area (Å²) >= 11 is 0. The third-order valence-corrected chi connectivity index (χ3v) is 3.89. The summed E-state index contributed by atoms with van der Waals surface area (Å²) in [6, 6.07) is 9.85. The van der Waals surface area contributed by atoms with Crippen LogP contribution < -0.4 is 0 Å². The number of nitrogens with zero attached hydrogens (tertiary/aromatic N) is 3. The Morgan fingerprint density at radius 1 is 0.926 bits per heavy atom. The molecule has 1 aromatic carbocycles. The summed E-state index contributed by atoms with van der Waals surface area (Å²) in [6.07, 6.45) is -8.54. The van der Waals surface area contributed by atoms with E-state index in [4.69, 9.17) is 0 Å². The van der Waals surface area contributed by atoms with E-state index in [0.29, 0.717) is 12.1 Å². The number of para-hydroxylation sites is 1. The Morgan fingerprint density at radius 3 is 2.22 bits per heavy atom. The molecule has 0 spiro atoms. The molecule has 138 valence electrons. The lowest BCUT2D eigenvalue weighted by Crippen LogP contribution is -2.14. The molecule has 9 heteroatoms. The van der Waals surface area contributed by atoms with Crippen molar-refractivity contribution in [2.75, 3.05) is 0 Å². The molecule has 2 heterocycles. The molecule has 0 saturated heterocycles. The maximum Gasteiger partial charge on any atom is 0.433 e. The highest BCUT2D eigenvalue weighted by Crippen LogP contribution is 2.40. The first-order chi connectivity index (χ1) is 12.6. The van der Waals surface area contributed by atoms with Crippen LogP contribution in [0.5, 0.6) is 0 Å². The molecule has 0 amide bonds. The van der Waals surface area contributed by atoms with Crippen molar-refractivity contribution in [3.63, 3.8) is 0 Å². The van der Waals surface area contributed by atoms with Crippen LogP contribution in [-0.4, -0.2) is 9.97 Å². The highest BCUT2D eigenvalue weighted by Gasteiger charge is 2.38. The molecule has 3 rings (SSSR count).